The van der Waals surface area contributed by atoms with E-state index in [1.54, 1.807) is 23.4 Å². The standard InChI is InChI=1S/C30H42N6/c1-19(2)18-36-22(6)9-12-28(35-36)24-13-21(5)29(33-16-24)27(32)11-10-25(31)14-23-15-30(7,8)34-17-26(23)20(3)4/h9-13,16,18,20,23,26,31-32,34H,6,14-15,17H2,1-5,7-8H3/b11-10-,31-25?,32-27?/t23?,26-/m1/s1. The van der Waals surface area contributed by atoms with Gasteiger partial charge >= 0.3 is 0 Å². The van der Waals surface area contributed by atoms with E-state index in [1.165, 1.54) is 0 Å². The number of piperidine rings is 1. The summed E-state index contributed by atoms with van der Waals surface area (Å²) in [6, 6.07) is 2.01. The minimum absolute atomic E-state index is 0.100. The monoisotopic (exact) mass is 486 g/mol. The van der Waals surface area contributed by atoms with E-state index in [-0.39, 0.29) is 5.54 Å². The molecule has 1 aromatic heterocycles. The molecule has 2 atom stereocenters. The van der Waals surface area contributed by atoms with Crippen molar-refractivity contribution < 1.29 is 0 Å². The van der Waals surface area contributed by atoms with E-state index >= 15 is 0 Å². The number of aromatic nitrogens is 1. The number of aryl methyl sites for hydroxylation is 1. The third-order valence-electron chi connectivity index (χ3n) is 6.94. The van der Waals surface area contributed by atoms with Gasteiger partial charge in [-0.1, -0.05) is 26.0 Å². The smallest absolute Gasteiger partial charge is 0.0928 e. The summed E-state index contributed by atoms with van der Waals surface area (Å²) in [5.41, 5.74) is 6.15. The average molecular weight is 487 g/mol. The van der Waals surface area contributed by atoms with Gasteiger partial charge in [0, 0.05) is 29.2 Å². The Morgan fingerprint density at radius 1 is 1.25 bits per heavy atom. The van der Waals surface area contributed by atoms with E-state index in [9.17, 15) is 0 Å². The Morgan fingerprint density at radius 2 is 1.97 bits per heavy atom. The van der Waals surface area contributed by atoms with Crippen molar-refractivity contribution in [3.05, 3.63) is 77.4 Å². The summed E-state index contributed by atoms with van der Waals surface area (Å²) in [7, 11) is 0. The largest absolute Gasteiger partial charge is 0.311 e. The second kappa shape index (κ2) is 11.3. The lowest BCUT2D eigenvalue weighted by molar-refractivity contribution is 0.129. The lowest BCUT2D eigenvalue weighted by atomic mass is 9.71. The molecule has 0 aliphatic carbocycles. The van der Waals surface area contributed by atoms with Gasteiger partial charge in [-0.25, -0.2) is 5.01 Å². The second-order valence-electron chi connectivity index (χ2n) is 11.4. The van der Waals surface area contributed by atoms with Gasteiger partial charge in [-0.15, -0.1) is 0 Å². The first-order valence-corrected chi connectivity index (χ1v) is 12.8. The van der Waals surface area contributed by atoms with E-state index in [2.05, 4.69) is 49.7 Å². The Morgan fingerprint density at radius 3 is 2.61 bits per heavy atom. The molecule has 0 amide bonds. The summed E-state index contributed by atoms with van der Waals surface area (Å²) in [4.78, 5) is 4.58. The Bertz CT molecular complexity index is 1140. The van der Waals surface area contributed by atoms with E-state index in [0.717, 1.165) is 47.5 Å². The Labute approximate surface area is 217 Å². The summed E-state index contributed by atoms with van der Waals surface area (Å²) in [6.07, 6.45) is 12.9. The molecule has 0 radical (unpaired) electrons. The van der Waals surface area contributed by atoms with E-state index in [0.29, 0.717) is 34.9 Å². The second-order valence-corrected chi connectivity index (χ2v) is 11.4. The predicted molar refractivity (Wildman–Crippen MR) is 152 cm³/mol. The lowest BCUT2D eigenvalue weighted by Crippen LogP contribution is -2.52. The first kappa shape index (κ1) is 27.5. The van der Waals surface area contributed by atoms with Crippen molar-refractivity contribution >= 4 is 17.1 Å². The van der Waals surface area contributed by atoms with Crippen molar-refractivity contribution in [2.75, 3.05) is 6.54 Å². The van der Waals surface area contributed by atoms with Gasteiger partial charge in [0.15, 0.2) is 0 Å². The zero-order valence-corrected chi connectivity index (χ0v) is 22.9. The molecule has 1 saturated heterocycles. The van der Waals surface area contributed by atoms with Crippen LogP contribution >= 0.6 is 0 Å². The van der Waals surface area contributed by atoms with Crippen LogP contribution < -0.4 is 5.32 Å². The normalized spacial score (nSPS) is 21.6. The third-order valence-corrected chi connectivity index (χ3v) is 6.94. The maximum Gasteiger partial charge on any atom is 0.0928 e. The molecule has 3 N–H and O–H groups in total. The summed E-state index contributed by atoms with van der Waals surface area (Å²) >= 11 is 0. The number of hydrogen-bond donors (Lipinski definition) is 3. The molecule has 0 spiro atoms. The van der Waals surface area contributed by atoms with Gasteiger partial charge in [-0.2, -0.15) is 5.10 Å². The van der Waals surface area contributed by atoms with E-state index in [1.807, 2.05) is 45.2 Å². The molecule has 0 bridgehead atoms. The molecule has 0 saturated carbocycles. The quantitative estimate of drug-likeness (QED) is 0.372. The minimum atomic E-state index is 0.100. The first-order chi connectivity index (χ1) is 16.9. The summed E-state index contributed by atoms with van der Waals surface area (Å²) in [6.45, 7) is 20.1. The van der Waals surface area contributed by atoms with Crippen LogP contribution in [0.25, 0.3) is 0 Å². The third kappa shape index (κ3) is 6.97. The molecule has 2 aliphatic rings. The van der Waals surface area contributed by atoms with Crippen molar-refractivity contribution in [1.82, 2.24) is 15.3 Å². The highest BCUT2D eigenvalue weighted by Crippen LogP contribution is 2.35. The number of pyridine rings is 1. The molecule has 1 fully saturated rings. The predicted octanol–water partition coefficient (Wildman–Crippen LogP) is 6.40. The van der Waals surface area contributed by atoms with Crippen LogP contribution in [0.5, 0.6) is 0 Å². The van der Waals surface area contributed by atoms with Gasteiger partial charge in [0.25, 0.3) is 0 Å². The van der Waals surface area contributed by atoms with Crippen LogP contribution in [-0.2, 0) is 0 Å². The van der Waals surface area contributed by atoms with Crippen LogP contribution in [0.3, 0.4) is 0 Å². The highest BCUT2D eigenvalue weighted by atomic mass is 15.5. The molecule has 2 aliphatic heterocycles. The first-order valence-electron chi connectivity index (χ1n) is 12.8. The molecule has 36 heavy (non-hydrogen) atoms. The molecular weight excluding hydrogens is 444 g/mol. The SMILES string of the molecule is C=C1C=CC(c2cnc(C(=N)/C=C\C(=N)CC3CC(C)(C)NC[C@@H]3C(C)C)c(C)c2)=NN1C=C(C)C. The van der Waals surface area contributed by atoms with Crippen molar-refractivity contribution in [2.45, 2.75) is 66.8 Å². The molecule has 192 valence electrons. The van der Waals surface area contributed by atoms with Gasteiger partial charge in [0.1, 0.15) is 0 Å². The van der Waals surface area contributed by atoms with Gasteiger partial charge < -0.3 is 10.7 Å². The molecule has 0 aromatic carbocycles. The molecule has 3 heterocycles. The molecule has 6 heteroatoms. The zero-order chi connectivity index (χ0) is 26.6. The van der Waals surface area contributed by atoms with E-state index in [4.69, 9.17) is 10.8 Å². The van der Waals surface area contributed by atoms with Crippen LogP contribution in [0.2, 0.25) is 0 Å². The van der Waals surface area contributed by atoms with Gasteiger partial charge in [-0.3, -0.25) is 10.4 Å². The number of rotatable bonds is 8. The molecule has 6 nitrogen and oxygen atoms in total. The molecule has 1 unspecified atom stereocenters. The number of allylic oxidation sites excluding steroid dienone is 5. The van der Waals surface area contributed by atoms with Crippen molar-refractivity contribution in [3.8, 4) is 0 Å². The molecule has 1 aromatic rings. The molecular formula is C30H42N6. The maximum absolute atomic E-state index is 8.58. The molecule has 3 rings (SSSR count). The maximum atomic E-state index is 8.58. The van der Waals surface area contributed by atoms with Crippen LogP contribution in [0.4, 0.5) is 0 Å². The average Bonchev–Trinajstić information content (AvgIpc) is 2.77. The van der Waals surface area contributed by atoms with Crippen LogP contribution in [0, 0.1) is 35.5 Å². The fourth-order valence-corrected chi connectivity index (χ4v) is 5.03. The summed E-state index contributed by atoms with van der Waals surface area (Å²) < 4.78 is 0. The fourth-order valence-electron chi connectivity index (χ4n) is 5.03. The number of nitrogens with one attached hydrogen (secondary N) is 3. The Kier molecular flexibility index (Phi) is 8.62. The van der Waals surface area contributed by atoms with Crippen molar-refractivity contribution in [2.24, 2.45) is 22.9 Å². The topological polar surface area (TPSA) is 88.2 Å². The van der Waals surface area contributed by atoms with Crippen molar-refractivity contribution in [1.29, 1.82) is 10.8 Å². The van der Waals surface area contributed by atoms with E-state index < -0.39 is 0 Å². The Hall–Kier alpha value is -3.12. The Balaban J connectivity index is 1.70. The van der Waals surface area contributed by atoms with Gasteiger partial charge in [0.05, 0.1) is 22.8 Å². The van der Waals surface area contributed by atoms with Gasteiger partial charge in [-0.05, 0) is 108 Å². The van der Waals surface area contributed by atoms with Gasteiger partial charge in [0.2, 0.25) is 0 Å². The number of hydrogen-bond acceptors (Lipinski definition) is 6. The lowest BCUT2D eigenvalue weighted by Gasteiger charge is -2.43. The van der Waals surface area contributed by atoms with Crippen LogP contribution in [-0.4, -0.2) is 39.2 Å². The van der Waals surface area contributed by atoms with Crippen molar-refractivity contribution in [3.63, 3.8) is 0 Å². The zero-order valence-electron chi connectivity index (χ0n) is 22.9. The highest BCUT2D eigenvalue weighted by molar-refractivity contribution is 6.12. The number of hydrazone groups is 1. The minimum Gasteiger partial charge on any atom is -0.311 e. The highest BCUT2D eigenvalue weighted by Gasteiger charge is 2.35. The van der Waals surface area contributed by atoms with Crippen LogP contribution in [0.1, 0.15) is 71.2 Å². The van der Waals surface area contributed by atoms with Crippen LogP contribution in [0.15, 0.2) is 65.7 Å². The summed E-state index contributed by atoms with van der Waals surface area (Å²) in [5.74, 6) is 1.61. The fraction of sp³-hybridized carbons (Fsp3) is 0.467. The summed E-state index contributed by atoms with van der Waals surface area (Å²) in [5, 5.41) is 27.3. The number of nitrogens with zero attached hydrogens (tertiary/aromatic N) is 3.